The normalized spacial score (nSPS) is 13.6. The van der Waals surface area contributed by atoms with Crippen LogP contribution < -0.4 is 9.30 Å². The smallest absolute Gasteiger partial charge is 0.268 e. The summed E-state index contributed by atoms with van der Waals surface area (Å²) in [6, 6.07) is 61.7. The van der Waals surface area contributed by atoms with E-state index in [0.717, 1.165) is 83.1 Å². The van der Waals surface area contributed by atoms with Crippen LogP contribution in [0, 0.1) is 18.5 Å². The molecular formula is C76H50N4O2Pt-2. The maximum atomic E-state index is 9.29. The molecule has 6 nitrogen and oxygen atoms in total. The molecule has 0 amide bonds. The summed E-state index contributed by atoms with van der Waals surface area (Å²) in [5, 5.41) is 3.37. The number of rotatable bonds is 7. The first kappa shape index (κ1) is 40.3. The second-order valence-corrected chi connectivity index (χ2v) is 21.5. The van der Waals surface area contributed by atoms with Gasteiger partial charge in [0, 0.05) is 49.5 Å². The van der Waals surface area contributed by atoms with E-state index in [1.807, 2.05) is 72.9 Å². The Morgan fingerprint density at radius 3 is 1.77 bits per heavy atom. The first-order valence-electron chi connectivity index (χ1n) is 32.0. The molecule has 0 bridgehead atoms. The molecule has 15 aromatic rings. The molecule has 0 saturated carbocycles. The summed E-state index contributed by atoms with van der Waals surface area (Å²) in [6.07, 6.45) is 5.41. The van der Waals surface area contributed by atoms with E-state index >= 15 is 0 Å². The molecule has 0 saturated heterocycles. The Morgan fingerprint density at radius 2 is 1.10 bits per heavy atom. The number of hydrogen-bond donors (Lipinski definition) is 0. The topological polar surface area (TPSA) is 49.0 Å². The molecule has 0 fully saturated rings. The minimum atomic E-state index is -0.590. The monoisotopic (exact) mass is 1260 g/mol. The number of para-hydroxylation sites is 4. The molecule has 0 unspecified atom stereocenters. The number of imidazole rings is 1. The average molecular weight is 1260 g/mol. The Kier molecular flexibility index (Phi) is 9.57. The Balaban J connectivity index is 0.00000716. The maximum absolute atomic E-state index is 9.29. The first-order chi connectivity index (χ1) is 44.5. The van der Waals surface area contributed by atoms with E-state index in [2.05, 4.69) is 141 Å². The van der Waals surface area contributed by atoms with Crippen molar-refractivity contribution >= 4 is 54.8 Å². The Labute approximate surface area is 509 Å². The van der Waals surface area contributed by atoms with Crippen molar-refractivity contribution in [1.82, 2.24) is 14.1 Å². The summed E-state index contributed by atoms with van der Waals surface area (Å²) >= 11 is 0. The van der Waals surface area contributed by atoms with Gasteiger partial charge >= 0.3 is 0 Å². The summed E-state index contributed by atoms with van der Waals surface area (Å²) in [5.74, 6) is 1.27. The minimum Gasteiger partial charge on any atom is -0.511 e. The molecule has 0 atom stereocenters. The molecule has 0 spiro atoms. The van der Waals surface area contributed by atoms with Crippen molar-refractivity contribution in [3.8, 4) is 95.5 Å². The van der Waals surface area contributed by atoms with E-state index in [4.69, 9.17) is 22.4 Å². The van der Waals surface area contributed by atoms with Crippen molar-refractivity contribution in [2.24, 2.45) is 0 Å². The van der Waals surface area contributed by atoms with Gasteiger partial charge in [-0.05, 0) is 101 Å². The molecule has 16 rings (SSSR count). The summed E-state index contributed by atoms with van der Waals surface area (Å²) < 4.78 is 110. The van der Waals surface area contributed by atoms with E-state index in [-0.39, 0.29) is 60.2 Å². The van der Waals surface area contributed by atoms with Crippen molar-refractivity contribution in [3.05, 3.63) is 273 Å². The van der Waals surface area contributed by atoms with Crippen LogP contribution in [0.4, 0.5) is 0 Å². The van der Waals surface area contributed by atoms with Gasteiger partial charge in [-0.25, -0.2) is 4.98 Å². The number of pyridine rings is 1. The summed E-state index contributed by atoms with van der Waals surface area (Å²) in [5.41, 5.74) is 13.2. The van der Waals surface area contributed by atoms with Gasteiger partial charge in [-0.1, -0.05) is 238 Å². The molecule has 4 aromatic heterocycles. The zero-order valence-electron chi connectivity index (χ0n) is 54.8. The largest absolute Gasteiger partial charge is 0.511 e. The van der Waals surface area contributed by atoms with Crippen molar-refractivity contribution in [3.63, 3.8) is 0 Å². The van der Waals surface area contributed by atoms with Gasteiger partial charge in [-0.2, -0.15) is 6.07 Å². The van der Waals surface area contributed by atoms with E-state index in [1.165, 1.54) is 0 Å². The fourth-order valence-electron chi connectivity index (χ4n) is 12.0. The van der Waals surface area contributed by atoms with E-state index in [9.17, 15) is 5.48 Å². The second kappa shape index (κ2) is 19.7. The Morgan fingerprint density at radius 1 is 0.518 bits per heavy atom. The van der Waals surface area contributed by atoms with Crippen LogP contribution in [-0.4, -0.2) is 14.1 Å². The Bertz CT molecular complexity index is 5560. The number of nitrogens with zero attached hydrogens (tertiary/aromatic N) is 4. The molecule has 1 aliphatic rings. The molecule has 0 radical (unpaired) electrons. The van der Waals surface area contributed by atoms with E-state index in [0.29, 0.717) is 39.0 Å². The number of furan rings is 1. The van der Waals surface area contributed by atoms with Gasteiger partial charge in [-0.3, -0.25) is 4.57 Å². The standard InChI is InChI=1S/C76H50N4O2.Pt/c1-76(2,3)50-41-42-77-71(43-50)80-66-34-17-16-30-60(66)61-38-37-52(46-69(61)80)81-70-45-51(78-47-79(68-36-19-18-35-67(68)78)73-53(48-21-6-4-7-22-48)32-20-33-54(73)49-23-8-5-9-24-49)44-65-64-40-39-63-59-29-13-12-27-57(59)55-25-10-11-26-56(55)58-28-14-15-31-62(58)72(63)75(64)82-74(65)70;/h4-44H,1-3H3;/q-2;/i4D,5D,6D,7D,8D,9D,21D,22D,23D,24D;. The van der Waals surface area contributed by atoms with Crippen LogP contribution in [0.25, 0.3) is 139 Å². The fourth-order valence-corrected chi connectivity index (χ4v) is 12.0. The van der Waals surface area contributed by atoms with Crippen molar-refractivity contribution < 1.29 is 48.5 Å². The Hall–Kier alpha value is -9.87. The third-order valence-electron chi connectivity index (χ3n) is 15.8. The van der Waals surface area contributed by atoms with E-state index < -0.39 is 60.4 Å². The summed E-state index contributed by atoms with van der Waals surface area (Å²) in [4.78, 5) is 4.93. The molecule has 0 aliphatic heterocycles. The molecule has 398 valence electrons. The predicted octanol–water partition coefficient (Wildman–Crippen LogP) is 19.1. The maximum Gasteiger partial charge on any atom is 0.268 e. The van der Waals surface area contributed by atoms with Crippen LogP contribution in [0.1, 0.15) is 40.0 Å². The fraction of sp³-hybridized carbons (Fsp3) is 0.0526. The van der Waals surface area contributed by atoms with Crippen LogP contribution in [0.5, 0.6) is 11.5 Å². The van der Waals surface area contributed by atoms with Crippen molar-refractivity contribution in [1.29, 1.82) is 0 Å². The zero-order valence-corrected chi connectivity index (χ0v) is 47.1. The van der Waals surface area contributed by atoms with Crippen molar-refractivity contribution in [2.45, 2.75) is 26.2 Å². The molecule has 7 heteroatoms. The van der Waals surface area contributed by atoms with Crippen LogP contribution in [0.15, 0.2) is 253 Å². The minimum absolute atomic E-state index is 0. The number of ether oxygens (including phenoxy) is 1. The van der Waals surface area contributed by atoms with E-state index in [1.54, 1.807) is 27.3 Å². The average Bonchev–Trinajstić information content (AvgIpc) is 1.69. The summed E-state index contributed by atoms with van der Waals surface area (Å²) in [7, 11) is 0. The quantitative estimate of drug-likeness (QED) is 0.118. The van der Waals surface area contributed by atoms with Crippen LogP contribution in [0.2, 0.25) is 0 Å². The molecule has 11 aromatic carbocycles. The van der Waals surface area contributed by atoms with Crippen LogP contribution >= 0.6 is 0 Å². The van der Waals surface area contributed by atoms with Gasteiger partial charge in [0.1, 0.15) is 11.4 Å². The van der Waals surface area contributed by atoms with Gasteiger partial charge in [0.15, 0.2) is 0 Å². The second-order valence-electron chi connectivity index (χ2n) is 21.5. The van der Waals surface area contributed by atoms with Gasteiger partial charge in [0.05, 0.1) is 41.8 Å². The molecule has 83 heavy (non-hydrogen) atoms. The molecule has 0 N–H and O–H groups in total. The number of hydrogen-bond acceptors (Lipinski definition) is 3. The predicted molar refractivity (Wildman–Crippen MR) is 332 cm³/mol. The third-order valence-corrected chi connectivity index (χ3v) is 15.8. The molecule has 4 heterocycles. The summed E-state index contributed by atoms with van der Waals surface area (Å²) in [6.45, 7) is 6.52. The zero-order chi connectivity index (χ0) is 63.3. The first-order valence-corrected chi connectivity index (χ1v) is 27.0. The van der Waals surface area contributed by atoms with Crippen LogP contribution in [0.3, 0.4) is 0 Å². The van der Waals surface area contributed by atoms with Crippen molar-refractivity contribution in [2.75, 3.05) is 0 Å². The SMILES string of the molecule is [2H]c1c([2H])c([2H])c(-c2cccc(-c3c([2H])c([2H])c([2H])c([2H])c3[2H])c2-[n+]2[c-]n(-c3[c-]c(Oc4[c-]c5c(cc4)c4ccccc4n5-c4cc(C(C)(C)C)ccn4)c4oc5c6c(ccc5c4c3)-c3ccccc3-c3ccccc3-c3ccccc3-6)c3ccccc32)c([2H])c1[2H].[Pt]. The number of benzene rings is 11. The van der Waals surface area contributed by atoms with Gasteiger partial charge in [0.25, 0.3) is 6.33 Å². The number of aromatic nitrogens is 4. The van der Waals surface area contributed by atoms with Gasteiger partial charge in [0.2, 0.25) is 0 Å². The third kappa shape index (κ3) is 8.11. The van der Waals surface area contributed by atoms with Gasteiger partial charge < -0.3 is 18.3 Å². The molecular weight excluding hydrogens is 1200 g/mol. The van der Waals surface area contributed by atoms with Crippen LogP contribution in [-0.2, 0) is 26.5 Å². The number of fused-ring (bicyclic) bond motifs is 16. The molecule has 1 aliphatic carbocycles. The van der Waals surface area contributed by atoms with Gasteiger partial charge in [-0.15, -0.1) is 29.7 Å².